The van der Waals surface area contributed by atoms with Crippen molar-refractivity contribution in [3.63, 3.8) is 0 Å². The Morgan fingerprint density at radius 1 is 1.33 bits per heavy atom. The van der Waals surface area contributed by atoms with Gasteiger partial charge in [-0.3, -0.25) is 0 Å². The van der Waals surface area contributed by atoms with Crippen molar-refractivity contribution in [1.29, 1.82) is 0 Å². The van der Waals surface area contributed by atoms with Crippen LogP contribution in [-0.4, -0.2) is 20.7 Å². The highest BCUT2D eigenvalue weighted by Crippen LogP contribution is 2.41. The molecule has 0 heterocycles. The monoisotopic (exact) mass is 251 g/mol. The molecule has 0 amide bonds. The standard InChI is InChI=1S/C15H22FNO/c1-17-11-15(8-3-4-9-15)10-12-6-5-7-13(18-2)14(12)16/h5-7,17H,3-4,8-11H2,1-2H3. The SMILES string of the molecule is CNCC1(Cc2cccc(OC)c2F)CCCC1. The molecule has 18 heavy (non-hydrogen) atoms. The third-order valence-corrected chi connectivity index (χ3v) is 4.04. The zero-order valence-electron chi connectivity index (χ0n) is 11.3. The van der Waals surface area contributed by atoms with Gasteiger partial charge in [0.1, 0.15) is 0 Å². The van der Waals surface area contributed by atoms with E-state index in [2.05, 4.69) is 5.32 Å². The highest BCUT2D eigenvalue weighted by molar-refractivity contribution is 5.32. The summed E-state index contributed by atoms with van der Waals surface area (Å²) in [4.78, 5) is 0. The molecule has 100 valence electrons. The van der Waals surface area contributed by atoms with Crippen LogP contribution in [0.15, 0.2) is 18.2 Å². The van der Waals surface area contributed by atoms with Gasteiger partial charge >= 0.3 is 0 Å². The van der Waals surface area contributed by atoms with E-state index >= 15 is 0 Å². The van der Waals surface area contributed by atoms with Crippen molar-refractivity contribution in [2.24, 2.45) is 5.41 Å². The van der Waals surface area contributed by atoms with Crippen molar-refractivity contribution in [3.8, 4) is 5.75 Å². The predicted octanol–water partition coefficient (Wildman–Crippen LogP) is 3.16. The molecule has 0 atom stereocenters. The molecule has 2 nitrogen and oxygen atoms in total. The second-order valence-corrected chi connectivity index (χ2v) is 5.35. The van der Waals surface area contributed by atoms with Crippen LogP contribution in [0.2, 0.25) is 0 Å². The van der Waals surface area contributed by atoms with Crippen molar-refractivity contribution in [3.05, 3.63) is 29.6 Å². The summed E-state index contributed by atoms with van der Waals surface area (Å²) >= 11 is 0. The highest BCUT2D eigenvalue weighted by atomic mass is 19.1. The van der Waals surface area contributed by atoms with Gasteiger partial charge in [0.25, 0.3) is 0 Å². The van der Waals surface area contributed by atoms with Crippen LogP contribution in [0.5, 0.6) is 5.75 Å². The zero-order chi connectivity index (χ0) is 13.0. The number of nitrogens with one attached hydrogen (secondary N) is 1. The quantitative estimate of drug-likeness (QED) is 0.868. The van der Waals surface area contributed by atoms with Gasteiger partial charge in [-0.25, -0.2) is 4.39 Å². The molecule has 3 heteroatoms. The highest BCUT2D eigenvalue weighted by Gasteiger charge is 2.34. The number of halogens is 1. The Bertz CT molecular complexity index is 399. The van der Waals surface area contributed by atoms with Gasteiger partial charge in [-0.2, -0.15) is 0 Å². The molecule has 1 saturated carbocycles. The molecule has 0 unspecified atom stereocenters. The Hall–Kier alpha value is -1.09. The van der Waals surface area contributed by atoms with E-state index in [9.17, 15) is 4.39 Å². The number of benzene rings is 1. The van der Waals surface area contributed by atoms with E-state index in [-0.39, 0.29) is 11.2 Å². The summed E-state index contributed by atoms with van der Waals surface area (Å²) in [5, 5.41) is 3.27. The van der Waals surface area contributed by atoms with Gasteiger partial charge in [-0.05, 0) is 43.4 Å². The van der Waals surface area contributed by atoms with Crippen LogP contribution < -0.4 is 10.1 Å². The van der Waals surface area contributed by atoms with Gasteiger partial charge < -0.3 is 10.1 Å². The minimum atomic E-state index is -0.192. The second-order valence-electron chi connectivity index (χ2n) is 5.35. The molecule has 0 spiro atoms. The van der Waals surface area contributed by atoms with E-state index in [1.165, 1.54) is 32.8 Å². The summed E-state index contributed by atoms with van der Waals surface area (Å²) in [5.41, 5.74) is 1.01. The van der Waals surface area contributed by atoms with Crippen molar-refractivity contribution in [1.82, 2.24) is 5.32 Å². The summed E-state index contributed by atoms with van der Waals surface area (Å²) in [6.07, 6.45) is 5.69. The maximum absolute atomic E-state index is 14.2. The van der Waals surface area contributed by atoms with E-state index in [4.69, 9.17) is 4.74 Å². The fourth-order valence-corrected chi connectivity index (χ4v) is 3.17. The summed E-state index contributed by atoms with van der Waals surface area (Å²) in [6, 6.07) is 5.44. The van der Waals surface area contributed by atoms with E-state index in [0.717, 1.165) is 18.5 Å². The minimum absolute atomic E-state index is 0.192. The first-order chi connectivity index (χ1) is 8.71. The minimum Gasteiger partial charge on any atom is -0.494 e. The predicted molar refractivity (Wildman–Crippen MR) is 71.5 cm³/mol. The third kappa shape index (κ3) is 2.66. The molecular weight excluding hydrogens is 229 g/mol. The van der Waals surface area contributed by atoms with Crippen LogP contribution in [-0.2, 0) is 6.42 Å². The van der Waals surface area contributed by atoms with Crippen LogP contribution in [0.4, 0.5) is 4.39 Å². The van der Waals surface area contributed by atoms with Crippen molar-refractivity contribution >= 4 is 0 Å². The fraction of sp³-hybridized carbons (Fsp3) is 0.600. The van der Waals surface area contributed by atoms with Crippen LogP contribution in [0, 0.1) is 11.2 Å². The van der Waals surface area contributed by atoms with Crippen LogP contribution in [0.3, 0.4) is 0 Å². The van der Waals surface area contributed by atoms with Crippen LogP contribution >= 0.6 is 0 Å². The van der Waals surface area contributed by atoms with Crippen molar-refractivity contribution in [2.45, 2.75) is 32.1 Å². The number of rotatable bonds is 5. The Labute approximate surface area is 109 Å². The fourth-order valence-electron chi connectivity index (χ4n) is 3.17. The topological polar surface area (TPSA) is 21.3 Å². The molecule has 1 fully saturated rings. The van der Waals surface area contributed by atoms with Gasteiger partial charge in [0, 0.05) is 6.54 Å². The smallest absolute Gasteiger partial charge is 0.168 e. The largest absolute Gasteiger partial charge is 0.494 e. The second kappa shape index (κ2) is 5.70. The molecule has 2 rings (SSSR count). The van der Waals surface area contributed by atoms with E-state index in [1.54, 1.807) is 6.07 Å². The Balaban J connectivity index is 2.21. The molecule has 0 bridgehead atoms. The van der Waals surface area contributed by atoms with Gasteiger partial charge in [0.15, 0.2) is 11.6 Å². The molecule has 1 N–H and O–H groups in total. The number of methoxy groups -OCH3 is 1. The number of hydrogen-bond donors (Lipinski definition) is 1. The number of hydrogen-bond acceptors (Lipinski definition) is 2. The van der Waals surface area contributed by atoms with Crippen molar-refractivity contribution < 1.29 is 9.13 Å². The van der Waals surface area contributed by atoms with Gasteiger partial charge in [-0.15, -0.1) is 0 Å². The molecule has 1 aliphatic rings. The molecule has 0 saturated heterocycles. The first-order valence-electron chi connectivity index (χ1n) is 6.67. The Morgan fingerprint density at radius 3 is 2.67 bits per heavy atom. The number of ether oxygens (including phenoxy) is 1. The maximum atomic E-state index is 14.2. The molecular formula is C15H22FNO. The normalized spacial score (nSPS) is 17.9. The first kappa shape index (κ1) is 13.3. The lowest BCUT2D eigenvalue weighted by atomic mass is 9.80. The summed E-state index contributed by atoms with van der Waals surface area (Å²) < 4.78 is 19.2. The lowest BCUT2D eigenvalue weighted by Crippen LogP contribution is -2.32. The van der Waals surface area contributed by atoms with E-state index < -0.39 is 0 Å². The molecule has 0 radical (unpaired) electrons. The molecule has 1 aliphatic carbocycles. The van der Waals surface area contributed by atoms with Gasteiger partial charge in [-0.1, -0.05) is 25.0 Å². The van der Waals surface area contributed by atoms with Gasteiger partial charge in [0.2, 0.25) is 0 Å². The summed E-state index contributed by atoms with van der Waals surface area (Å²) in [6.45, 7) is 0.962. The maximum Gasteiger partial charge on any atom is 0.168 e. The lowest BCUT2D eigenvalue weighted by Gasteiger charge is -2.29. The molecule has 1 aromatic rings. The average molecular weight is 251 g/mol. The molecule has 0 aromatic heterocycles. The zero-order valence-corrected chi connectivity index (χ0v) is 11.3. The molecule has 1 aromatic carbocycles. The summed E-state index contributed by atoms with van der Waals surface area (Å²) in [5.74, 6) is 0.160. The third-order valence-electron chi connectivity index (χ3n) is 4.04. The van der Waals surface area contributed by atoms with Crippen LogP contribution in [0.1, 0.15) is 31.2 Å². The van der Waals surface area contributed by atoms with E-state index in [0.29, 0.717) is 5.75 Å². The lowest BCUT2D eigenvalue weighted by molar-refractivity contribution is 0.280. The van der Waals surface area contributed by atoms with Gasteiger partial charge in [0.05, 0.1) is 7.11 Å². The summed E-state index contributed by atoms with van der Waals surface area (Å²) in [7, 11) is 3.49. The average Bonchev–Trinajstić information content (AvgIpc) is 2.81. The Kier molecular flexibility index (Phi) is 4.23. The first-order valence-corrected chi connectivity index (χ1v) is 6.67. The van der Waals surface area contributed by atoms with Crippen molar-refractivity contribution in [2.75, 3.05) is 20.7 Å². The van der Waals surface area contributed by atoms with E-state index in [1.807, 2.05) is 19.2 Å². The van der Waals surface area contributed by atoms with Crippen LogP contribution in [0.25, 0.3) is 0 Å². The Morgan fingerprint density at radius 2 is 2.06 bits per heavy atom. The molecule has 0 aliphatic heterocycles.